The van der Waals surface area contributed by atoms with Gasteiger partial charge in [0.15, 0.2) is 5.78 Å². The fraction of sp³-hybridized carbons (Fsp3) is 0.158. The minimum Gasteiger partial charge on any atom is -0.507 e. The number of aromatic nitrogens is 1. The molecule has 0 aliphatic rings. The molecule has 6 nitrogen and oxygen atoms in total. The highest BCUT2D eigenvalue weighted by Crippen LogP contribution is 2.30. The maximum atomic E-state index is 12.4. The summed E-state index contributed by atoms with van der Waals surface area (Å²) in [5, 5.41) is 30.0. The number of benzene rings is 2. The van der Waals surface area contributed by atoms with Crippen molar-refractivity contribution in [2.45, 2.75) is 12.8 Å². The normalized spacial score (nSPS) is 12.2. The summed E-state index contributed by atoms with van der Waals surface area (Å²) in [4.78, 5) is 27.1. The lowest BCUT2D eigenvalue weighted by atomic mass is 9.91. The SMILES string of the molecule is O=C(C[C@H](Cc1c[nH]c2ccccc12)C(=O)O)c1c(O)cccc1O. The Balaban J connectivity index is 1.85. The molecule has 3 rings (SSSR count). The molecular formula is C19H17NO5. The summed E-state index contributed by atoms with van der Waals surface area (Å²) in [7, 11) is 0. The van der Waals surface area contributed by atoms with Crippen LogP contribution in [0, 0.1) is 5.92 Å². The van der Waals surface area contributed by atoms with Crippen molar-refractivity contribution in [2.75, 3.05) is 0 Å². The Hall–Kier alpha value is -3.28. The number of fused-ring (bicyclic) bond motifs is 1. The van der Waals surface area contributed by atoms with Crippen LogP contribution in [0.15, 0.2) is 48.7 Å². The topological polar surface area (TPSA) is 111 Å². The van der Waals surface area contributed by atoms with Gasteiger partial charge < -0.3 is 20.3 Å². The number of nitrogens with one attached hydrogen (secondary N) is 1. The molecule has 0 aliphatic carbocycles. The Labute approximate surface area is 143 Å². The van der Waals surface area contributed by atoms with E-state index in [4.69, 9.17) is 0 Å². The second kappa shape index (κ2) is 6.68. The van der Waals surface area contributed by atoms with Crippen molar-refractivity contribution >= 4 is 22.7 Å². The van der Waals surface area contributed by atoms with Crippen LogP contribution in [-0.4, -0.2) is 32.1 Å². The van der Waals surface area contributed by atoms with Crippen molar-refractivity contribution in [3.63, 3.8) is 0 Å². The van der Waals surface area contributed by atoms with Crippen LogP contribution in [-0.2, 0) is 11.2 Å². The second-order valence-corrected chi connectivity index (χ2v) is 5.90. The zero-order valence-corrected chi connectivity index (χ0v) is 13.3. The third-order valence-corrected chi connectivity index (χ3v) is 4.22. The van der Waals surface area contributed by atoms with E-state index in [-0.39, 0.29) is 29.9 Å². The van der Waals surface area contributed by atoms with Crippen molar-refractivity contribution in [3.05, 3.63) is 59.8 Å². The average Bonchev–Trinajstić information content (AvgIpc) is 2.97. The van der Waals surface area contributed by atoms with Gasteiger partial charge in [-0.3, -0.25) is 9.59 Å². The molecule has 0 saturated heterocycles. The van der Waals surface area contributed by atoms with Crippen LogP contribution < -0.4 is 0 Å². The molecule has 0 amide bonds. The van der Waals surface area contributed by atoms with Crippen LogP contribution in [0.5, 0.6) is 11.5 Å². The van der Waals surface area contributed by atoms with Crippen molar-refractivity contribution in [2.24, 2.45) is 5.92 Å². The number of rotatable bonds is 6. The number of H-pyrrole nitrogens is 1. The van der Waals surface area contributed by atoms with Gasteiger partial charge in [0.25, 0.3) is 0 Å². The minimum absolute atomic E-state index is 0.166. The van der Waals surface area contributed by atoms with E-state index in [0.717, 1.165) is 16.5 Å². The molecule has 6 heteroatoms. The Bertz CT molecular complexity index is 924. The molecule has 0 radical (unpaired) electrons. The van der Waals surface area contributed by atoms with Crippen molar-refractivity contribution in [1.29, 1.82) is 0 Å². The summed E-state index contributed by atoms with van der Waals surface area (Å²) < 4.78 is 0. The van der Waals surface area contributed by atoms with Gasteiger partial charge in [-0.05, 0) is 30.2 Å². The molecule has 128 valence electrons. The summed E-state index contributed by atoms with van der Waals surface area (Å²) >= 11 is 0. The van der Waals surface area contributed by atoms with E-state index < -0.39 is 17.7 Å². The minimum atomic E-state index is -1.10. The molecule has 0 fully saturated rings. The zero-order chi connectivity index (χ0) is 18.0. The number of carbonyl (C=O) groups is 2. The number of aromatic hydroxyl groups is 2. The first-order valence-electron chi connectivity index (χ1n) is 7.79. The first-order valence-corrected chi connectivity index (χ1v) is 7.79. The molecule has 1 heterocycles. The Morgan fingerprint density at radius 2 is 1.68 bits per heavy atom. The monoisotopic (exact) mass is 339 g/mol. The summed E-state index contributed by atoms with van der Waals surface area (Å²) in [5.41, 5.74) is 1.45. The van der Waals surface area contributed by atoms with E-state index in [1.54, 1.807) is 6.20 Å². The van der Waals surface area contributed by atoms with E-state index in [9.17, 15) is 24.9 Å². The van der Waals surface area contributed by atoms with Gasteiger partial charge in [-0.15, -0.1) is 0 Å². The van der Waals surface area contributed by atoms with Gasteiger partial charge in [-0.2, -0.15) is 0 Å². The number of ketones is 1. The predicted molar refractivity (Wildman–Crippen MR) is 91.8 cm³/mol. The highest BCUT2D eigenvalue weighted by Gasteiger charge is 2.26. The Morgan fingerprint density at radius 3 is 2.36 bits per heavy atom. The standard InChI is InChI=1S/C19H17NO5/c21-15-6-3-7-16(22)18(15)17(23)9-11(19(24)25)8-12-10-20-14-5-2-1-4-13(12)14/h1-7,10-11,20-22H,8-9H2,(H,24,25)/t11-/m0/s1. The van der Waals surface area contributed by atoms with E-state index >= 15 is 0 Å². The van der Waals surface area contributed by atoms with Gasteiger partial charge in [0.1, 0.15) is 17.1 Å². The van der Waals surface area contributed by atoms with E-state index in [0.29, 0.717) is 0 Å². The maximum absolute atomic E-state index is 12.4. The number of aliphatic carboxylic acids is 1. The average molecular weight is 339 g/mol. The van der Waals surface area contributed by atoms with Crippen LogP contribution in [0.4, 0.5) is 0 Å². The highest BCUT2D eigenvalue weighted by molar-refractivity contribution is 6.02. The zero-order valence-electron chi connectivity index (χ0n) is 13.3. The molecule has 25 heavy (non-hydrogen) atoms. The van der Waals surface area contributed by atoms with Crippen LogP contribution in [0.1, 0.15) is 22.3 Å². The Morgan fingerprint density at radius 1 is 1.00 bits per heavy atom. The number of aromatic amines is 1. The molecule has 3 aromatic rings. The number of para-hydroxylation sites is 1. The lowest BCUT2D eigenvalue weighted by molar-refractivity contribution is -0.141. The van der Waals surface area contributed by atoms with Gasteiger partial charge in [0.2, 0.25) is 0 Å². The quantitative estimate of drug-likeness (QED) is 0.516. The third-order valence-electron chi connectivity index (χ3n) is 4.22. The fourth-order valence-corrected chi connectivity index (χ4v) is 2.95. The number of hydrogen-bond donors (Lipinski definition) is 4. The number of carboxylic acids is 1. The van der Waals surface area contributed by atoms with Gasteiger partial charge in [-0.25, -0.2) is 0 Å². The molecule has 0 unspecified atom stereocenters. The number of phenols is 2. The van der Waals surface area contributed by atoms with E-state index in [1.807, 2.05) is 24.3 Å². The summed E-state index contributed by atoms with van der Waals surface area (Å²) in [6.07, 6.45) is 1.59. The molecule has 0 bridgehead atoms. The van der Waals surface area contributed by atoms with Gasteiger partial charge in [0, 0.05) is 23.5 Å². The van der Waals surface area contributed by atoms with E-state index in [2.05, 4.69) is 4.98 Å². The summed E-state index contributed by atoms with van der Waals surface area (Å²) in [5.74, 6) is -3.40. The van der Waals surface area contributed by atoms with Gasteiger partial charge in [-0.1, -0.05) is 24.3 Å². The number of carboxylic acid groups (broad SMARTS) is 1. The molecule has 0 saturated carbocycles. The maximum Gasteiger partial charge on any atom is 0.307 e. The largest absolute Gasteiger partial charge is 0.507 e. The number of Topliss-reactive ketones (excluding diaryl/α,β-unsaturated/α-hetero) is 1. The molecule has 0 aliphatic heterocycles. The highest BCUT2D eigenvalue weighted by atomic mass is 16.4. The Kier molecular flexibility index (Phi) is 4.43. The van der Waals surface area contributed by atoms with Crippen molar-refractivity contribution in [3.8, 4) is 11.5 Å². The molecule has 1 aromatic heterocycles. The van der Waals surface area contributed by atoms with Crippen LogP contribution in [0.2, 0.25) is 0 Å². The van der Waals surface area contributed by atoms with Gasteiger partial charge in [0.05, 0.1) is 5.92 Å². The number of phenolic OH excluding ortho intramolecular Hbond substituents is 2. The molecule has 2 aromatic carbocycles. The lowest BCUT2D eigenvalue weighted by Crippen LogP contribution is -2.20. The van der Waals surface area contributed by atoms with Crippen LogP contribution in [0.3, 0.4) is 0 Å². The first kappa shape index (κ1) is 16.6. The summed E-state index contributed by atoms with van der Waals surface area (Å²) in [6, 6.07) is 11.5. The fourth-order valence-electron chi connectivity index (χ4n) is 2.95. The van der Waals surface area contributed by atoms with Crippen molar-refractivity contribution in [1.82, 2.24) is 4.98 Å². The second-order valence-electron chi connectivity index (χ2n) is 5.90. The van der Waals surface area contributed by atoms with Crippen LogP contribution >= 0.6 is 0 Å². The van der Waals surface area contributed by atoms with Gasteiger partial charge >= 0.3 is 5.97 Å². The molecular weight excluding hydrogens is 322 g/mol. The lowest BCUT2D eigenvalue weighted by Gasteiger charge is -2.12. The summed E-state index contributed by atoms with van der Waals surface area (Å²) in [6.45, 7) is 0. The number of carbonyl (C=O) groups excluding carboxylic acids is 1. The van der Waals surface area contributed by atoms with E-state index in [1.165, 1.54) is 18.2 Å². The van der Waals surface area contributed by atoms with Crippen LogP contribution in [0.25, 0.3) is 10.9 Å². The molecule has 1 atom stereocenters. The van der Waals surface area contributed by atoms with Crippen molar-refractivity contribution < 1.29 is 24.9 Å². The molecule has 4 N–H and O–H groups in total. The predicted octanol–water partition coefficient (Wildman–Crippen LogP) is 3.10. The number of hydrogen-bond acceptors (Lipinski definition) is 4. The molecule has 0 spiro atoms. The first-order chi connectivity index (χ1) is 12.0. The smallest absolute Gasteiger partial charge is 0.307 e. The third kappa shape index (κ3) is 3.33.